The average molecular weight is 487 g/mol. The van der Waals surface area contributed by atoms with Crippen molar-refractivity contribution in [3.63, 3.8) is 0 Å². The van der Waals surface area contributed by atoms with Gasteiger partial charge in [0.05, 0.1) is 22.6 Å². The van der Waals surface area contributed by atoms with Crippen LogP contribution in [0.5, 0.6) is 0 Å². The molecule has 3 aromatic rings. The predicted octanol–water partition coefficient (Wildman–Crippen LogP) is 4.96. The predicted molar refractivity (Wildman–Crippen MR) is 134 cm³/mol. The Hall–Kier alpha value is -2.71. The topological polar surface area (TPSA) is 79.6 Å². The first kappa shape index (κ1) is 24.9. The van der Waals surface area contributed by atoms with Crippen LogP contribution in [0.15, 0.2) is 76.2 Å². The third-order valence-corrected chi connectivity index (χ3v) is 7.91. The number of amides is 1. The molecule has 0 aliphatic heterocycles. The molecule has 0 saturated heterocycles. The second kappa shape index (κ2) is 11.4. The average Bonchev–Trinajstić information content (AvgIpc) is 3.31. The molecule has 0 fully saturated rings. The maximum atomic E-state index is 13.4. The molecule has 0 spiro atoms. The zero-order valence-corrected chi connectivity index (χ0v) is 20.8. The Morgan fingerprint density at radius 1 is 1.06 bits per heavy atom. The van der Waals surface area contributed by atoms with E-state index in [0.29, 0.717) is 23.9 Å². The third kappa shape index (κ3) is 6.88. The molecule has 0 saturated carbocycles. The van der Waals surface area contributed by atoms with E-state index >= 15 is 0 Å². The first-order valence-electron chi connectivity index (χ1n) is 10.8. The van der Waals surface area contributed by atoms with E-state index in [2.05, 4.69) is 19.2 Å². The highest BCUT2D eigenvalue weighted by Gasteiger charge is 2.27. The van der Waals surface area contributed by atoms with Gasteiger partial charge in [0.25, 0.3) is 10.0 Å². The lowest BCUT2D eigenvalue weighted by Crippen LogP contribution is -2.41. The molecule has 2 aromatic carbocycles. The van der Waals surface area contributed by atoms with Crippen LogP contribution >= 0.6 is 11.8 Å². The molecule has 3 rings (SSSR count). The van der Waals surface area contributed by atoms with Crippen LogP contribution in [-0.4, -0.2) is 33.2 Å². The largest absolute Gasteiger partial charge is 0.468 e. The molecule has 0 unspecified atom stereocenters. The second-order valence-corrected chi connectivity index (χ2v) is 11.0. The molecule has 1 amide bonds. The van der Waals surface area contributed by atoms with Crippen LogP contribution in [0.4, 0.5) is 5.69 Å². The summed E-state index contributed by atoms with van der Waals surface area (Å²) in [5.74, 6) is 2.27. The van der Waals surface area contributed by atoms with E-state index in [4.69, 9.17) is 4.42 Å². The van der Waals surface area contributed by atoms with Crippen molar-refractivity contribution in [3.05, 3.63) is 83.8 Å². The first-order valence-corrected chi connectivity index (χ1v) is 13.4. The monoisotopic (exact) mass is 486 g/mol. The SMILES string of the molecule is Cc1ccc(S(=O)(=O)N(CC(=O)NCCSCc2ccco2)c2ccc(C(C)C)cc2)cc1. The number of sulfonamides is 1. The first-order chi connectivity index (χ1) is 15.8. The summed E-state index contributed by atoms with van der Waals surface area (Å²) in [5, 5.41) is 2.83. The van der Waals surface area contributed by atoms with Crippen molar-refractivity contribution in [1.82, 2.24) is 5.32 Å². The van der Waals surface area contributed by atoms with Crippen molar-refractivity contribution >= 4 is 33.4 Å². The lowest BCUT2D eigenvalue weighted by Gasteiger charge is -2.24. The molecule has 176 valence electrons. The number of furan rings is 1. The number of carbonyl (C=O) groups excluding carboxylic acids is 1. The van der Waals surface area contributed by atoms with E-state index in [0.717, 1.165) is 22.6 Å². The Morgan fingerprint density at radius 3 is 2.36 bits per heavy atom. The number of nitrogens with one attached hydrogen (secondary N) is 1. The molecule has 33 heavy (non-hydrogen) atoms. The summed E-state index contributed by atoms with van der Waals surface area (Å²) < 4.78 is 33.3. The molecule has 1 heterocycles. The summed E-state index contributed by atoms with van der Waals surface area (Å²) in [5.41, 5.74) is 2.53. The maximum Gasteiger partial charge on any atom is 0.264 e. The van der Waals surface area contributed by atoms with Gasteiger partial charge in [-0.05, 0) is 54.8 Å². The highest BCUT2D eigenvalue weighted by Crippen LogP contribution is 2.26. The summed E-state index contributed by atoms with van der Waals surface area (Å²) in [6.07, 6.45) is 1.63. The van der Waals surface area contributed by atoms with E-state index < -0.39 is 10.0 Å². The summed E-state index contributed by atoms with van der Waals surface area (Å²) in [7, 11) is -3.91. The smallest absolute Gasteiger partial charge is 0.264 e. The minimum absolute atomic E-state index is 0.155. The lowest BCUT2D eigenvalue weighted by molar-refractivity contribution is -0.119. The number of benzene rings is 2. The molecule has 6 nitrogen and oxygen atoms in total. The van der Waals surface area contributed by atoms with Crippen molar-refractivity contribution in [2.24, 2.45) is 0 Å². The van der Waals surface area contributed by atoms with Gasteiger partial charge >= 0.3 is 0 Å². The highest BCUT2D eigenvalue weighted by molar-refractivity contribution is 7.98. The number of thioether (sulfide) groups is 1. The number of hydrogen-bond acceptors (Lipinski definition) is 5. The number of rotatable bonds is 11. The zero-order chi connectivity index (χ0) is 23.8. The van der Waals surface area contributed by atoms with Gasteiger partial charge in [-0.25, -0.2) is 8.42 Å². The van der Waals surface area contributed by atoms with E-state index in [1.807, 2.05) is 31.2 Å². The number of anilines is 1. The van der Waals surface area contributed by atoms with Crippen LogP contribution in [-0.2, 0) is 20.6 Å². The second-order valence-electron chi connectivity index (χ2n) is 8.05. The fourth-order valence-corrected chi connectivity index (χ4v) is 5.37. The Morgan fingerprint density at radius 2 is 1.76 bits per heavy atom. The van der Waals surface area contributed by atoms with Gasteiger partial charge < -0.3 is 9.73 Å². The van der Waals surface area contributed by atoms with Gasteiger partial charge in [0.1, 0.15) is 12.3 Å². The van der Waals surface area contributed by atoms with Gasteiger partial charge in [0.15, 0.2) is 0 Å². The number of nitrogens with zero attached hydrogens (tertiary/aromatic N) is 1. The van der Waals surface area contributed by atoms with Gasteiger partial charge in [-0.2, -0.15) is 11.8 Å². The number of carbonyl (C=O) groups is 1. The normalized spacial score (nSPS) is 11.5. The van der Waals surface area contributed by atoms with Crippen LogP contribution in [0.3, 0.4) is 0 Å². The van der Waals surface area contributed by atoms with E-state index in [-0.39, 0.29) is 17.3 Å². The molecule has 1 N–H and O–H groups in total. The molecule has 1 aromatic heterocycles. The van der Waals surface area contributed by atoms with Gasteiger partial charge in [-0.3, -0.25) is 9.10 Å². The Kier molecular flexibility index (Phi) is 8.63. The van der Waals surface area contributed by atoms with Crippen LogP contribution in [0, 0.1) is 6.92 Å². The number of hydrogen-bond donors (Lipinski definition) is 1. The van der Waals surface area contributed by atoms with Crippen molar-refractivity contribution in [2.45, 2.75) is 37.3 Å². The zero-order valence-electron chi connectivity index (χ0n) is 19.2. The molecule has 0 aliphatic carbocycles. The van der Waals surface area contributed by atoms with Crippen LogP contribution in [0.25, 0.3) is 0 Å². The summed E-state index contributed by atoms with van der Waals surface area (Å²) in [4.78, 5) is 12.8. The highest BCUT2D eigenvalue weighted by atomic mass is 32.2. The molecule has 0 atom stereocenters. The minimum Gasteiger partial charge on any atom is -0.468 e. The Balaban J connectivity index is 1.71. The van der Waals surface area contributed by atoms with Gasteiger partial charge in [0, 0.05) is 12.3 Å². The van der Waals surface area contributed by atoms with E-state index in [9.17, 15) is 13.2 Å². The third-order valence-electron chi connectivity index (χ3n) is 5.14. The van der Waals surface area contributed by atoms with Crippen LogP contribution in [0.2, 0.25) is 0 Å². The Labute approximate surface area is 200 Å². The fraction of sp³-hybridized carbons (Fsp3) is 0.320. The van der Waals surface area contributed by atoms with E-state index in [1.165, 1.54) is 4.31 Å². The van der Waals surface area contributed by atoms with E-state index in [1.54, 1.807) is 54.4 Å². The summed E-state index contributed by atoms with van der Waals surface area (Å²) >= 11 is 1.64. The lowest BCUT2D eigenvalue weighted by atomic mass is 10.0. The fourth-order valence-electron chi connectivity index (χ4n) is 3.19. The quantitative estimate of drug-likeness (QED) is 0.388. The summed E-state index contributed by atoms with van der Waals surface area (Å²) in [6, 6.07) is 17.7. The van der Waals surface area contributed by atoms with Gasteiger partial charge in [-0.1, -0.05) is 43.7 Å². The van der Waals surface area contributed by atoms with Crippen LogP contribution in [0.1, 0.15) is 36.7 Å². The van der Waals surface area contributed by atoms with Crippen LogP contribution < -0.4 is 9.62 Å². The van der Waals surface area contributed by atoms with Gasteiger partial charge in [-0.15, -0.1) is 0 Å². The molecule has 0 aliphatic rings. The Bertz CT molecular complexity index is 1120. The molecular formula is C25H30N2O4S2. The molecule has 0 bridgehead atoms. The molecule has 0 radical (unpaired) electrons. The van der Waals surface area contributed by atoms with Crippen molar-refractivity contribution < 1.29 is 17.6 Å². The standard InChI is InChI=1S/C25H30N2O4S2/c1-19(2)21-8-10-22(11-9-21)27(33(29,30)24-12-6-20(3)7-13-24)17-25(28)26-14-16-32-18-23-5-4-15-31-23/h4-13,15,19H,14,16-18H2,1-3H3,(H,26,28). The molecular weight excluding hydrogens is 456 g/mol. The maximum absolute atomic E-state index is 13.4. The van der Waals surface area contributed by atoms with Crippen molar-refractivity contribution in [2.75, 3.05) is 23.1 Å². The number of aryl methyl sites for hydroxylation is 1. The van der Waals surface area contributed by atoms with Crippen molar-refractivity contribution in [3.8, 4) is 0 Å². The molecule has 8 heteroatoms. The summed E-state index contributed by atoms with van der Waals surface area (Å²) in [6.45, 7) is 6.20. The van der Waals surface area contributed by atoms with Gasteiger partial charge in [0.2, 0.25) is 5.91 Å². The van der Waals surface area contributed by atoms with Crippen molar-refractivity contribution in [1.29, 1.82) is 0 Å². The minimum atomic E-state index is -3.91.